The summed E-state index contributed by atoms with van der Waals surface area (Å²) in [6, 6.07) is 0. The second-order valence-corrected chi connectivity index (χ2v) is 6.57. The Bertz CT molecular complexity index is 333. The molecular formula is C17H30O3. The Labute approximate surface area is 123 Å². The average molecular weight is 282 g/mol. The molecule has 0 heterocycles. The van der Waals surface area contributed by atoms with E-state index in [1.54, 1.807) is 6.92 Å². The van der Waals surface area contributed by atoms with Crippen molar-refractivity contribution in [2.75, 3.05) is 0 Å². The van der Waals surface area contributed by atoms with Crippen LogP contribution in [0.25, 0.3) is 0 Å². The summed E-state index contributed by atoms with van der Waals surface area (Å²) in [5.41, 5.74) is -0.993. The maximum atomic E-state index is 12.3. The molecule has 0 saturated heterocycles. The summed E-state index contributed by atoms with van der Waals surface area (Å²) < 4.78 is 0. The van der Waals surface area contributed by atoms with Crippen molar-refractivity contribution in [2.45, 2.75) is 84.2 Å². The lowest BCUT2D eigenvalue weighted by atomic mass is 9.81. The molecule has 3 nitrogen and oxygen atoms in total. The van der Waals surface area contributed by atoms with Gasteiger partial charge in [0.25, 0.3) is 0 Å². The number of Topliss-reactive ketones (excluding diaryl/α,β-unsaturated/α-hetero) is 2. The summed E-state index contributed by atoms with van der Waals surface area (Å²) in [6.07, 6.45) is 8.75. The third-order valence-corrected chi connectivity index (χ3v) is 4.66. The quantitative estimate of drug-likeness (QED) is 0.656. The van der Waals surface area contributed by atoms with Crippen molar-refractivity contribution in [3.05, 3.63) is 0 Å². The first kappa shape index (κ1) is 17.4. The molecule has 0 aromatic heterocycles. The first-order valence-corrected chi connectivity index (χ1v) is 8.15. The Balaban J connectivity index is 2.37. The zero-order valence-electron chi connectivity index (χ0n) is 13.3. The fourth-order valence-corrected chi connectivity index (χ4v) is 3.54. The second-order valence-electron chi connectivity index (χ2n) is 6.57. The van der Waals surface area contributed by atoms with E-state index in [2.05, 4.69) is 6.92 Å². The molecular weight excluding hydrogens is 252 g/mol. The topological polar surface area (TPSA) is 54.4 Å². The van der Waals surface area contributed by atoms with E-state index in [0.29, 0.717) is 19.3 Å². The van der Waals surface area contributed by atoms with E-state index in [1.807, 2.05) is 0 Å². The van der Waals surface area contributed by atoms with Crippen LogP contribution in [-0.4, -0.2) is 22.3 Å². The van der Waals surface area contributed by atoms with Crippen molar-refractivity contribution in [3.63, 3.8) is 0 Å². The number of carbonyl (C=O) groups excluding carboxylic acids is 2. The van der Waals surface area contributed by atoms with Crippen LogP contribution in [0.5, 0.6) is 0 Å². The van der Waals surface area contributed by atoms with Crippen molar-refractivity contribution in [3.8, 4) is 0 Å². The highest BCUT2D eigenvalue weighted by molar-refractivity contribution is 5.90. The van der Waals surface area contributed by atoms with Gasteiger partial charge in [0.05, 0.1) is 11.5 Å². The molecule has 116 valence electrons. The van der Waals surface area contributed by atoms with Gasteiger partial charge in [-0.3, -0.25) is 9.59 Å². The van der Waals surface area contributed by atoms with Crippen LogP contribution < -0.4 is 0 Å². The zero-order chi connectivity index (χ0) is 15.2. The molecule has 1 rings (SSSR count). The summed E-state index contributed by atoms with van der Waals surface area (Å²) in [7, 11) is 0. The van der Waals surface area contributed by atoms with Crippen molar-refractivity contribution in [1.82, 2.24) is 0 Å². The minimum Gasteiger partial charge on any atom is -0.389 e. The number of hydrogen-bond acceptors (Lipinski definition) is 3. The Morgan fingerprint density at radius 3 is 2.35 bits per heavy atom. The van der Waals surface area contributed by atoms with Gasteiger partial charge in [0.15, 0.2) is 0 Å². The molecule has 1 saturated carbocycles. The summed E-state index contributed by atoms with van der Waals surface area (Å²) in [4.78, 5) is 24.0. The predicted molar refractivity (Wildman–Crippen MR) is 80.5 cm³/mol. The molecule has 0 amide bonds. The van der Waals surface area contributed by atoms with E-state index < -0.39 is 11.5 Å². The van der Waals surface area contributed by atoms with Gasteiger partial charge in [-0.1, -0.05) is 39.0 Å². The molecule has 3 heteroatoms. The molecule has 1 aliphatic carbocycles. The molecule has 0 aromatic rings. The van der Waals surface area contributed by atoms with Crippen molar-refractivity contribution in [1.29, 1.82) is 0 Å². The Kier molecular flexibility index (Phi) is 6.87. The monoisotopic (exact) mass is 282 g/mol. The first-order valence-electron chi connectivity index (χ1n) is 8.15. The minimum absolute atomic E-state index is 0.0474. The van der Waals surface area contributed by atoms with Gasteiger partial charge in [0.2, 0.25) is 0 Å². The molecule has 0 bridgehead atoms. The molecule has 0 unspecified atom stereocenters. The van der Waals surface area contributed by atoms with Crippen LogP contribution in [0.15, 0.2) is 0 Å². The largest absolute Gasteiger partial charge is 0.389 e. The minimum atomic E-state index is -0.993. The second kappa shape index (κ2) is 7.92. The Morgan fingerprint density at radius 2 is 1.75 bits per heavy atom. The predicted octanol–water partition coefficient (Wildman–Crippen LogP) is 3.67. The van der Waals surface area contributed by atoms with Crippen LogP contribution in [0.3, 0.4) is 0 Å². The number of hydrogen-bond donors (Lipinski definition) is 1. The molecule has 20 heavy (non-hydrogen) atoms. The van der Waals surface area contributed by atoms with Gasteiger partial charge in [-0.05, 0) is 33.1 Å². The Hall–Kier alpha value is -0.700. The number of aliphatic hydroxyl groups is 1. The molecule has 0 aromatic carbocycles. The highest BCUT2D eigenvalue weighted by Crippen LogP contribution is 2.41. The summed E-state index contributed by atoms with van der Waals surface area (Å²) in [6.45, 7) is 5.38. The van der Waals surface area contributed by atoms with Gasteiger partial charge in [0.1, 0.15) is 11.6 Å². The fraction of sp³-hybridized carbons (Fsp3) is 0.882. The number of rotatable bonds is 9. The number of unbranched alkanes of at least 4 members (excludes halogenated alkanes) is 5. The van der Waals surface area contributed by atoms with Gasteiger partial charge >= 0.3 is 0 Å². The van der Waals surface area contributed by atoms with Crippen LogP contribution in [0.4, 0.5) is 0 Å². The standard InChI is InChI=1S/C17H30O3/c1-4-5-6-7-8-9-10-15(19)14-11-12-17(3,20)16(14)13(2)18/h14,16,20H,4-12H2,1-3H3/t14-,16-,17+/m0/s1. The third kappa shape index (κ3) is 4.69. The van der Waals surface area contributed by atoms with Crippen molar-refractivity contribution < 1.29 is 14.7 Å². The molecule has 1 N–H and O–H groups in total. The molecule has 1 fully saturated rings. The number of carbonyl (C=O) groups is 2. The maximum Gasteiger partial charge on any atom is 0.136 e. The highest BCUT2D eigenvalue weighted by atomic mass is 16.3. The first-order chi connectivity index (χ1) is 9.40. The van der Waals surface area contributed by atoms with E-state index in [-0.39, 0.29) is 17.5 Å². The lowest BCUT2D eigenvalue weighted by Crippen LogP contribution is -2.38. The van der Waals surface area contributed by atoms with Gasteiger partial charge in [-0.2, -0.15) is 0 Å². The fourth-order valence-electron chi connectivity index (χ4n) is 3.54. The lowest BCUT2D eigenvalue weighted by Gasteiger charge is -2.26. The van der Waals surface area contributed by atoms with Gasteiger partial charge in [-0.25, -0.2) is 0 Å². The van der Waals surface area contributed by atoms with Gasteiger partial charge in [-0.15, -0.1) is 0 Å². The Morgan fingerprint density at radius 1 is 1.15 bits per heavy atom. The SMILES string of the molecule is CCCCCCCCC(=O)[C@@H]1CC[C@@](C)(O)[C@H]1C(C)=O. The number of ketones is 2. The normalized spacial score (nSPS) is 29.6. The van der Waals surface area contributed by atoms with E-state index in [4.69, 9.17) is 0 Å². The third-order valence-electron chi connectivity index (χ3n) is 4.66. The van der Waals surface area contributed by atoms with Gasteiger partial charge in [0, 0.05) is 12.3 Å². The van der Waals surface area contributed by atoms with Crippen LogP contribution >= 0.6 is 0 Å². The van der Waals surface area contributed by atoms with Crippen LogP contribution in [0.2, 0.25) is 0 Å². The van der Waals surface area contributed by atoms with Crippen LogP contribution in [-0.2, 0) is 9.59 Å². The maximum absolute atomic E-state index is 12.3. The highest BCUT2D eigenvalue weighted by Gasteiger charge is 2.48. The molecule has 1 aliphatic rings. The zero-order valence-corrected chi connectivity index (χ0v) is 13.3. The summed E-state index contributed by atoms with van der Waals surface area (Å²) in [5.74, 6) is -0.611. The summed E-state index contributed by atoms with van der Waals surface area (Å²) >= 11 is 0. The van der Waals surface area contributed by atoms with Gasteiger partial charge < -0.3 is 5.11 Å². The van der Waals surface area contributed by atoms with E-state index in [9.17, 15) is 14.7 Å². The van der Waals surface area contributed by atoms with E-state index in [1.165, 1.54) is 32.6 Å². The van der Waals surface area contributed by atoms with E-state index in [0.717, 1.165) is 12.8 Å². The molecule has 3 atom stereocenters. The van der Waals surface area contributed by atoms with Crippen LogP contribution in [0, 0.1) is 11.8 Å². The molecule has 0 aliphatic heterocycles. The molecule has 0 radical (unpaired) electrons. The average Bonchev–Trinajstić information content (AvgIpc) is 2.69. The van der Waals surface area contributed by atoms with Crippen molar-refractivity contribution in [2.24, 2.45) is 11.8 Å². The van der Waals surface area contributed by atoms with E-state index >= 15 is 0 Å². The lowest BCUT2D eigenvalue weighted by molar-refractivity contribution is -0.136. The van der Waals surface area contributed by atoms with Crippen LogP contribution in [0.1, 0.15) is 78.6 Å². The summed E-state index contributed by atoms with van der Waals surface area (Å²) in [5, 5.41) is 10.2. The van der Waals surface area contributed by atoms with Crippen molar-refractivity contribution >= 4 is 11.6 Å². The smallest absolute Gasteiger partial charge is 0.136 e. The molecule has 0 spiro atoms.